The first-order chi connectivity index (χ1) is 7.83. The summed E-state index contributed by atoms with van der Waals surface area (Å²) in [6.07, 6.45) is 3.59. The standard InChI is InChI=1S/C14H27NO2/c1-13(2)11(12(16)14(3,4)17-13)10-15-8-6-5-7-9-15/h11-12,16H,5-10H2,1-4H3. The van der Waals surface area contributed by atoms with E-state index in [1.807, 2.05) is 13.8 Å². The first-order valence-electron chi connectivity index (χ1n) is 6.93. The van der Waals surface area contributed by atoms with E-state index in [1.165, 1.54) is 32.4 Å². The molecular weight excluding hydrogens is 214 g/mol. The van der Waals surface area contributed by atoms with Crippen molar-refractivity contribution in [3.8, 4) is 0 Å². The minimum atomic E-state index is -0.413. The van der Waals surface area contributed by atoms with Crippen molar-refractivity contribution in [2.24, 2.45) is 5.92 Å². The summed E-state index contributed by atoms with van der Waals surface area (Å²) in [6.45, 7) is 11.5. The van der Waals surface area contributed by atoms with Crippen LogP contribution in [0.3, 0.4) is 0 Å². The summed E-state index contributed by atoms with van der Waals surface area (Å²) in [5.41, 5.74) is -0.635. The van der Waals surface area contributed by atoms with Crippen LogP contribution in [0.2, 0.25) is 0 Å². The van der Waals surface area contributed by atoms with Crippen LogP contribution in [-0.4, -0.2) is 46.9 Å². The van der Waals surface area contributed by atoms with E-state index in [4.69, 9.17) is 4.74 Å². The third kappa shape index (κ3) is 2.67. The van der Waals surface area contributed by atoms with Crippen LogP contribution >= 0.6 is 0 Å². The van der Waals surface area contributed by atoms with Gasteiger partial charge in [-0.3, -0.25) is 0 Å². The molecule has 0 radical (unpaired) electrons. The van der Waals surface area contributed by atoms with Gasteiger partial charge in [0.05, 0.1) is 17.3 Å². The molecule has 0 aliphatic carbocycles. The van der Waals surface area contributed by atoms with Crippen LogP contribution < -0.4 is 0 Å². The highest BCUT2D eigenvalue weighted by atomic mass is 16.5. The van der Waals surface area contributed by atoms with Gasteiger partial charge in [-0.2, -0.15) is 0 Å². The normalized spacial score (nSPS) is 37.2. The molecule has 0 amide bonds. The lowest BCUT2D eigenvalue weighted by Crippen LogP contribution is -2.44. The number of aliphatic hydroxyl groups excluding tert-OH is 1. The van der Waals surface area contributed by atoms with E-state index >= 15 is 0 Å². The van der Waals surface area contributed by atoms with E-state index in [2.05, 4.69) is 18.7 Å². The quantitative estimate of drug-likeness (QED) is 0.803. The van der Waals surface area contributed by atoms with Gasteiger partial charge in [0.1, 0.15) is 0 Å². The highest BCUT2D eigenvalue weighted by molar-refractivity contribution is 5.02. The van der Waals surface area contributed by atoms with Gasteiger partial charge in [0.15, 0.2) is 0 Å². The Labute approximate surface area is 105 Å². The zero-order valence-electron chi connectivity index (χ0n) is 11.7. The molecule has 2 rings (SSSR count). The first-order valence-corrected chi connectivity index (χ1v) is 6.93. The van der Waals surface area contributed by atoms with Gasteiger partial charge >= 0.3 is 0 Å². The minimum absolute atomic E-state index is 0.218. The van der Waals surface area contributed by atoms with Crippen molar-refractivity contribution in [3.05, 3.63) is 0 Å². The smallest absolute Gasteiger partial charge is 0.0896 e. The number of hydrogen-bond donors (Lipinski definition) is 1. The first kappa shape index (κ1) is 13.3. The summed E-state index contributed by atoms with van der Waals surface area (Å²) in [4.78, 5) is 2.49. The fourth-order valence-electron chi connectivity index (χ4n) is 3.42. The lowest BCUT2D eigenvalue weighted by Gasteiger charge is -2.34. The Morgan fingerprint density at radius 2 is 1.65 bits per heavy atom. The Bertz CT molecular complexity index is 269. The summed E-state index contributed by atoms with van der Waals surface area (Å²) < 4.78 is 6.03. The van der Waals surface area contributed by atoms with E-state index in [1.54, 1.807) is 0 Å². The lowest BCUT2D eigenvalue weighted by molar-refractivity contribution is -0.0914. The highest BCUT2D eigenvalue weighted by Gasteiger charge is 2.53. The van der Waals surface area contributed by atoms with Gasteiger partial charge < -0.3 is 14.7 Å². The van der Waals surface area contributed by atoms with E-state index in [9.17, 15) is 5.11 Å². The van der Waals surface area contributed by atoms with Gasteiger partial charge in [0, 0.05) is 12.5 Å². The highest BCUT2D eigenvalue weighted by Crippen LogP contribution is 2.42. The maximum atomic E-state index is 10.4. The van der Waals surface area contributed by atoms with Gasteiger partial charge in [-0.1, -0.05) is 6.42 Å². The Morgan fingerprint density at radius 1 is 1.06 bits per heavy atom. The average molecular weight is 241 g/mol. The molecule has 17 heavy (non-hydrogen) atoms. The van der Waals surface area contributed by atoms with Crippen molar-refractivity contribution < 1.29 is 9.84 Å². The molecule has 2 aliphatic rings. The summed E-state index contributed by atoms with van der Waals surface area (Å²) in [5.74, 6) is 0.218. The minimum Gasteiger partial charge on any atom is -0.390 e. The van der Waals surface area contributed by atoms with Crippen molar-refractivity contribution in [2.45, 2.75) is 64.3 Å². The second-order valence-electron chi connectivity index (χ2n) is 6.72. The van der Waals surface area contributed by atoms with Crippen molar-refractivity contribution in [1.82, 2.24) is 4.90 Å². The third-order valence-electron chi connectivity index (χ3n) is 4.42. The Hall–Kier alpha value is -0.120. The van der Waals surface area contributed by atoms with Crippen LogP contribution in [0.4, 0.5) is 0 Å². The van der Waals surface area contributed by atoms with Gasteiger partial charge in [-0.25, -0.2) is 0 Å². The number of nitrogens with zero attached hydrogens (tertiary/aromatic N) is 1. The molecule has 1 N–H and O–H groups in total. The number of rotatable bonds is 2. The summed E-state index contributed by atoms with van der Waals surface area (Å²) in [6, 6.07) is 0. The predicted octanol–water partition coefficient (Wildman–Crippen LogP) is 2.04. The van der Waals surface area contributed by atoms with Crippen molar-refractivity contribution in [3.63, 3.8) is 0 Å². The Morgan fingerprint density at radius 3 is 2.12 bits per heavy atom. The third-order valence-corrected chi connectivity index (χ3v) is 4.42. The molecule has 0 saturated carbocycles. The molecule has 2 fully saturated rings. The molecule has 0 spiro atoms. The molecule has 2 heterocycles. The summed E-state index contributed by atoms with van der Waals surface area (Å²) in [5, 5.41) is 10.4. The molecule has 2 atom stereocenters. The average Bonchev–Trinajstić information content (AvgIpc) is 2.38. The maximum absolute atomic E-state index is 10.4. The number of likely N-dealkylation sites (tertiary alicyclic amines) is 1. The molecule has 0 bridgehead atoms. The predicted molar refractivity (Wildman–Crippen MR) is 69.0 cm³/mol. The maximum Gasteiger partial charge on any atom is 0.0896 e. The van der Waals surface area contributed by atoms with Crippen LogP contribution in [0.15, 0.2) is 0 Å². The molecule has 2 aliphatic heterocycles. The SMILES string of the molecule is CC1(C)OC(C)(C)C(CN2CCCCC2)C1O. The van der Waals surface area contributed by atoms with Crippen LogP contribution in [0.25, 0.3) is 0 Å². The van der Waals surface area contributed by atoms with Crippen LogP contribution in [0, 0.1) is 5.92 Å². The number of piperidine rings is 1. The van der Waals surface area contributed by atoms with Crippen LogP contribution in [0.1, 0.15) is 47.0 Å². The van der Waals surface area contributed by atoms with E-state index in [-0.39, 0.29) is 17.6 Å². The molecule has 0 aromatic rings. The van der Waals surface area contributed by atoms with E-state index < -0.39 is 5.60 Å². The Kier molecular flexibility index (Phi) is 3.54. The molecule has 0 aromatic carbocycles. The molecule has 100 valence electrons. The molecule has 3 heteroatoms. The summed E-state index contributed by atoms with van der Waals surface area (Å²) >= 11 is 0. The van der Waals surface area contributed by atoms with E-state index in [0.717, 1.165) is 6.54 Å². The summed E-state index contributed by atoms with van der Waals surface area (Å²) in [7, 11) is 0. The topological polar surface area (TPSA) is 32.7 Å². The molecule has 2 unspecified atom stereocenters. The zero-order chi connectivity index (χ0) is 12.7. The van der Waals surface area contributed by atoms with Crippen molar-refractivity contribution in [1.29, 1.82) is 0 Å². The molecular formula is C14H27NO2. The molecule has 0 aromatic heterocycles. The Balaban J connectivity index is 2.03. The molecule has 2 saturated heterocycles. The fourth-order valence-corrected chi connectivity index (χ4v) is 3.42. The number of ether oxygens (including phenoxy) is 1. The number of aliphatic hydroxyl groups is 1. The van der Waals surface area contributed by atoms with Gasteiger partial charge in [0.25, 0.3) is 0 Å². The van der Waals surface area contributed by atoms with Gasteiger partial charge in [0.2, 0.25) is 0 Å². The van der Waals surface area contributed by atoms with Gasteiger partial charge in [-0.05, 0) is 53.6 Å². The van der Waals surface area contributed by atoms with E-state index in [0.29, 0.717) is 0 Å². The van der Waals surface area contributed by atoms with Crippen LogP contribution in [-0.2, 0) is 4.74 Å². The molecule has 3 nitrogen and oxygen atoms in total. The lowest BCUT2D eigenvalue weighted by atomic mass is 9.84. The van der Waals surface area contributed by atoms with Crippen LogP contribution in [0.5, 0.6) is 0 Å². The largest absolute Gasteiger partial charge is 0.390 e. The zero-order valence-corrected chi connectivity index (χ0v) is 11.7. The second kappa shape index (κ2) is 4.52. The van der Waals surface area contributed by atoms with Crippen molar-refractivity contribution in [2.75, 3.05) is 19.6 Å². The van der Waals surface area contributed by atoms with Gasteiger partial charge in [-0.15, -0.1) is 0 Å². The fraction of sp³-hybridized carbons (Fsp3) is 1.00. The monoisotopic (exact) mass is 241 g/mol. The second-order valence-corrected chi connectivity index (χ2v) is 6.72. The van der Waals surface area contributed by atoms with Crippen molar-refractivity contribution >= 4 is 0 Å². The number of hydrogen-bond acceptors (Lipinski definition) is 3.